The second-order valence-electron chi connectivity index (χ2n) is 5.30. The van der Waals surface area contributed by atoms with E-state index in [-0.39, 0.29) is 0 Å². The van der Waals surface area contributed by atoms with E-state index >= 15 is 0 Å². The molecule has 21 heavy (non-hydrogen) atoms. The third kappa shape index (κ3) is 3.79. The summed E-state index contributed by atoms with van der Waals surface area (Å²) in [5.74, 6) is 0.871. The van der Waals surface area contributed by atoms with E-state index in [0.29, 0.717) is 4.99 Å². The van der Waals surface area contributed by atoms with Gasteiger partial charge in [-0.3, -0.25) is 0 Å². The molecular weight excluding hydrogens is 278 g/mol. The van der Waals surface area contributed by atoms with Crippen molar-refractivity contribution in [2.45, 2.75) is 20.3 Å². The number of aryl methyl sites for hydroxylation is 2. The highest BCUT2D eigenvalue weighted by Crippen LogP contribution is 2.22. The van der Waals surface area contributed by atoms with Crippen molar-refractivity contribution in [2.75, 3.05) is 18.5 Å². The lowest BCUT2D eigenvalue weighted by Gasteiger charge is -2.22. The number of pyridine rings is 1. The number of rotatable bonds is 5. The smallest absolute Gasteiger partial charge is 0.139 e. The molecule has 1 heterocycles. The van der Waals surface area contributed by atoms with Gasteiger partial charge in [0.2, 0.25) is 0 Å². The molecule has 0 fully saturated rings. The highest BCUT2D eigenvalue weighted by Gasteiger charge is 2.15. The summed E-state index contributed by atoms with van der Waals surface area (Å²) in [4.78, 5) is 7.16. The monoisotopic (exact) mass is 299 g/mol. The van der Waals surface area contributed by atoms with Crippen molar-refractivity contribution in [1.29, 1.82) is 0 Å². The van der Waals surface area contributed by atoms with E-state index in [9.17, 15) is 0 Å². The summed E-state index contributed by atoms with van der Waals surface area (Å²) in [7, 11) is 2.03. The van der Waals surface area contributed by atoms with E-state index in [2.05, 4.69) is 34.1 Å². The number of nitrogens with zero attached hydrogens (tertiary/aromatic N) is 2. The molecule has 1 aromatic carbocycles. The van der Waals surface area contributed by atoms with Crippen molar-refractivity contribution in [3.63, 3.8) is 0 Å². The Bertz CT molecular complexity index is 638. The predicted molar refractivity (Wildman–Crippen MR) is 93.0 cm³/mol. The maximum Gasteiger partial charge on any atom is 0.139 e. The topological polar surface area (TPSA) is 42.1 Å². The minimum Gasteiger partial charge on any atom is -0.389 e. The Labute approximate surface area is 131 Å². The van der Waals surface area contributed by atoms with Gasteiger partial charge in [0, 0.05) is 19.3 Å². The van der Waals surface area contributed by atoms with Crippen molar-refractivity contribution in [3.05, 3.63) is 58.8 Å². The molecule has 0 spiro atoms. The molecule has 0 unspecified atom stereocenters. The van der Waals surface area contributed by atoms with Gasteiger partial charge in [0.1, 0.15) is 10.8 Å². The number of benzene rings is 1. The molecule has 3 nitrogen and oxygen atoms in total. The summed E-state index contributed by atoms with van der Waals surface area (Å²) in [6.07, 6.45) is 0.961. The minimum atomic E-state index is 0.404. The van der Waals surface area contributed by atoms with Crippen molar-refractivity contribution < 1.29 is 0 Å². The van der Waals surface area contributed by atoms with Crippen LogP contribution in [0.3, 0.4) is 0 Å². The molecule has 0 aliphatic heterocycles. The summed E-state index contributed by atoms with van der Waals surface area (Å²) in [6.45, 7) is 4.89. The first kappa shape index (κ1) is 15.4. The van der Waals surface area contributed by atoms with E-state index in [4.69, 9.17) is 18.0 Å². The molecule has 2 N–H and O–H groups in total. The summed E-state index contributed by atoms with van der Waals surface area (Å²) >= 11 is 5.19. The van der Waals surface area contributed by atoms with E-state index in [1.54, 1.807) is 0 Å². The number of aromatic nitrogens is 1. The zero-order chi connectivity index (χ0) is 15.4. The first-order chi connectivity index (χ1) is 9.99. The Morgan fingerprint density at radius 3 is 2.52 bits per heavy atom. The summed E-state index contributed by atoms with van der Waals surface area (Å²) in [5, 5.41) is 0. The van der Waals surface area contributed by atoms with Crippen LogP contribution in [0.4, 0.5) is 5.82 Å². The molecule has 0 aliphatic carbocycles. The van der Waals surface area contributed by atoms with Crippen LogP contribution >= 0.6 is 12.2 Å². The van der Waals surface area contributed by atoms with E-state index < -0.39 is 0 Å². The third-order valence-corrected chi connectivity index (χ3v) is 3.72. The number of anilines is 1. The first-order valence-electron chi connectivity index (χ1n) is 7.02. The van der Waals surface area contributed by atoms with Crippen LogP contribution in [-0.4, -0.2) is 23.6 Å². The summed E-state index contributed by atoms with van der Waals surface area (Å²) in [5.41, 5.74) is 10.1. The second-order valence-corrected chi connectivity index (χ2v) is 5.74. The average molecular weight is 299 g/mol. The highest BCUT2D eigenvalue weighted by atomic mass is 32.1. The minimum absolute atomic E-state index is 0.404. The zero-order valence-electron chi connectivity index (χ0n) is 12.8. The van der Waals surface area contributed by atoms with Crippen LogP contribution in [0.5, 0.6) is 0 Å². The summed E-state index contributed by atoms with van der Waals surface area (Å²) in [6, 6.07) is 12.4. The van der Waals surface area contributed by atoms with Gasteiger partial charge in [-0.2, -0.15) is 0 Å². The average Bonchev–Trinajstić information content (AvgIpc) is 2.44. The van der Waals surface area contributed by atoms with E-state index in [0.717, 1.165) is 35.6 Å². The number of hydrogen-bond donors (Lipinski definition) is 1. The Morgan fingerprint density at radius 2 is 1.90 bits per heavy atom. The fraction of sp³-hybridized carbons (Fsp3) is 0.294. The molecule has 0 saturated heterocycles. The molecule has 0 saturated carbocycles. The lowest BCUT2D eigenvalue weighted by Crippen LogP contribution is -2.26. The van der Waals surface area contributed by atoms with Crippen LogP contribution in [0.15, 0.2) is 36.4 Å². The molecule has 0 aliphatic rings. The molecular formula is C17H21N3S. The van der Waals surface area contributed by atoms with Gasteiger partial charge in [-0.15, -0.1) is 0 Å². The Morgan fingerprint density at radius 1 is 1.24 bits per heavy atom. The van der Waals surface area contributed by atoms with Crippen molar-refractivity contribution in [3.8, 4) is 0 Å². The maximum atomic E-state index is 5.88. The standard InChI is InChI=1S/C17H21N3S/c1-12-11-13(2)19-17(15(12)16(18)21)20(3)10-9-14-7-5-4-6-8-14/h4-8,11H,9-10H2,1-3H3,(H2,18,21). The predicted octanol–water partition coefficient (Wildman–Crippen LogP) is 3.01. The fourth-order valence-electron chi connectivity index (χ4n) is 2.45. The lowest BCUT2D eigenvalue weighted by molar-refractivity contribution is 0.854. The molecule has 1 aromatic heterocycles. The van der Waals surface area contributed by atoms with Crippen molar-refractivity contribution in [1.82, 2.24) is 4.98 Å². The van der Waals surface area contributed by atoms with Crippen LogP contribution < -0.4 is 10.6 Å². The Kier molecular flexibility index (Phi) is 4.91. The molecule has 2 aromatic rings. The molecule has 0 bridgehead atoms. The fourth-order valence-corrected chi connectivity index (χ4v) is 2.70. The van der Waals surface area contributed by atoms with Gasteiger partial charge in [0.15, 0.2) is 0 Å². The van der Waals surface area contributed by atoms with Crippen LogP contribution in [0, 0.1) is 13.8 Å². The highest BCUT2D eigenvalue weighted by molar-refractivity contribution is 7.80. The first-order valence-corrected chi connectivity index (χ1v) is 7.43. The number of thiocarbonyl (C=S) groups is 1. The number of nitrogens with two attached hydrogens (primary N) is 1. The van der Waals surface area contributed by atoms with Gasteiger partial charge in [0.25, 0.3) is 0 Å². The largest absolute Gasteiger partial charge is 0.389 e. The lowest BCUT2D eigenvalue weighted by atomic mass is 10.1. The van der Waals surface area contributed by atoms with Crippen LogP contribution in [0.1, 0.15) is 22.4 Å². The van der Waals surface area contributed by atoms with Gasteiger partial charge in [-0.05, 0) is 37.5 Å². The number of likely N-dealkylation sites (N-methyl/N-ethyl adjacent to an activating group) is 1. The molecule has 0 radical (unpaired) electrons. The third-order valence-electron chi connectivity index (χ3n) is 3.51. The van der Waals surface area contributed by atoms with Gasteiger partial charge in [-0.25, -0.2) is 4.98 Å². The molecule has 2 rings (SSSR count). The van der Waals surface area contributed by atoms with E-state index in [1.165, 1.54) is 5.56 Å². The van der Waals surface area contributed by atoms with Crippen LogP contribution in [0.25, 0.3) is 0 Å². The van der Waals surface area contributed by atoms with Crippen LogP contribution in [0.2, 0.25) is 0 Å². The number of hydrogen-bond acceptors (Lipinski definition) is 3. The molecule has 0 atom stereocenters. The maximum absolute atomic E-state index is 5.88. The quantitative estimate of drug-likeness (QED) is 0.862. The molecule has 110 valence electrons. The molecule has 4 heteroatoms. The van der Waals surface area contributed by atoms with Gasteiger partial charge in [-0.1, -0.05) is 42.5 Å². The second kappa shape index (κ2) is 6.68. The van der Waals surface area contributed by atoms with Crippen LogP contribution in [-0.2, 0) is 6.42 Å². The Hall–Kier alpha value is -1.94. The van der Waals surface area contributed by atoms with Crippen molar-refractivity contribution >= 4 is 23.0 Å². The van der Waals surface area contributed by atoms with Gasteiger partial charge >= 0.3 is 0 Å². The summed E-state index contributed by atoms with van der Waals surface area (Å²) < 4.78 is 0. The normalized spacial score (nSPS) is 10.4. The van der Waals surface area contributed by atoms with E-state index in [1.807, 2.05) is 33.0 Å². The van der Waals surface area contributed by atoms with Gasteiger partial charge < -0.3 is 10.6 Å². The molecule has 0 amide bonds. The van der Waals surface area contributed by atoms with Gasteiger partial charge in [0.05, 0.1) is 5.56 Å². The SMILES string of the molecule is Cc1cc(C)c(C(N)=S)c(N(C)CCc2ccccc2)n1. The zero-order valence-corrected chi connectivity index (χ0v) is 13.6. The van der Waals surface area contributed by atoms with Crippen molar-refractivity contribution in [2.24, 2.45) is 5.73 Å². The Balaban J connectivity index is 2.22.